The van der Waals surface area contributed by atoms with Crippen LogP contribution in [0.25, 0.3) is 0 Å². The highest BCUT2D eigenvalue weighted by Gasteiger charge is 2.05. The lowest BCUT2D eigenvalue weighted by Crippen LogP contribution is -2.25. The number of nitrogens with one attached hydrogen (secondary N) is 1. The Morgan fingerprint density at radius 2 is 2.38 bits per heavy atom. The summed E-state index contributed by atoms with van der Waals surface area (Å²) in [6, 6.07) is 0.516. The summed E-state index contributed by atoms with van der Waals surface area (Å²) in [5.74, 6) is 0. The van der Waals surface area contributed by atoms with Crippen LogP contribution in [0.5, 0.6) is 0 Å². The van der Waals surface area contributed by atoms with E-state index in [4.69, 9.17) is 0 Å². The van der Waals surface area contributed by atoms with Crippen molar-refractivity contribution in [3.05, 3.63) is 23.7 Å². The molecule has 1 heterocycles. The maximum absolute atomic E-state index is 4.52. The number of hydrogen-bond donors (Lipinski definition) is 1. The molecular weight excluding hydrogens is 218 g/mol. The van der Waals surface area contributed by atoms with Gasteiger partial charge in [0.1, 0.15) is 0 Å². The van der Waals surface area contributed by atoms with E-state index in [-0.39, 0.29) is 0 Å². The Kier molecular flexibility index (Phi) is 5.49. The molecule has 16 heavy (non-hydrogen) atoms. The summed E-state index contributed by atoms with van der Waals surface area (Å²) in [7, 11) is 4.03. The van der Waals surface area contributed by atoms with Gasteiger partial charge in [0, 0.05) is 32.1 Å². The van der Waals surface area contributed by atoms with E-state index >= 15 is 0 Å². The van der Waals surface area contributed by atoms with Gasteiger partial charge in [-0.1, -0.05) is 6.08 Å². The number of nitrogens with zero attached hydrogens (tertiary/aromatic N) is 2. The van der Waals surface area contributed by atoms with Crippen molar-refractivity contribution in [1.29, 1.82) is 0 Å². The maximum atomic E-state index is 4.52. The molecule has 1 unspecified atom stereocenters. The molecule has 1 rings (SSSR count). The van der Waals surface area contributed by atoms with Crippen molar-refractivity contribution < 1.29 is 0 Å². The van der Waals surface area contributed by atoms with E-state index in [2.05, 4.69) is 29.2 Å². The first-order chi connectivity index (χ1) is 7.63. The minimum absolute atomic E-state index is 0.516. The van der Waals surface area contributed by atoms with Crippen LogP contribution < -0.4 is 10.2 Å². The third kappa shape index (κ3) is 4.33. The Morgan fingerprint density at radius 1 is 1.62 bits per heavy atom. The van der Waals surface area contributed by atoms with Crippen LogP contribution in [-0.4, -0.2) is 25.1 Å². The second-order valence-corrected chi connectivity index (χ2v) is 5.00. The van der Waals surface area contributed by atoms with Crippen LogP contribution in [0.1, 0.15) is 25.5 Å². The third-order valence-corrected chi connectivity index (χ3v) is 3.41. The number of rotatable bonds is 7. The molecule has 0 spiro atoms. The molecule has 3 nitrogen and oxygen atoms in total. The van der Waals surface area contributed by atoms with Crippen LogP contribution in [0, 0.1) is 0 Å². The SMILES string of the molecule is C=CCCC(C)NCc1csc(N(C)C)n1. The van der Waals surface area contributed by atoms with E-state index in [1.165, 1.54) is 0 Å². The molecule has 90 valence electrons. The molecule has 0 aliphatic carbocycles. The minimum atomic E-state index is 0.516. The van der Waals surface area contributed by atoms with Crippen molar-refractivity contribution in [2.75, 3.05) is 19.0 Å². The predicted octanol–water partition coefficient (Wildman–Crippen LogP) is 2.65. The molecule has 1 atom stereocenters. The van der Waals surface area contributed by atoms with Crippen LogP contribution >= 0.6 is 11.3 Å². The van der Waals surface area contributed by atoms with Gasteiger partial charge in [-0.25, -0.2) is 4.98 Å². The van der Waals surface area contributed by atoms with Gasteiger partial charge in [-0.2, -0.15) is 0 Å². The number of allylic oxidation sites excluding steroid dienone is 1. The quantitative estimate of drug-likeness (QED) is 0.741. The zero-order valence-corrected chi connectivity index (χ0v) is 11.2. The highest BCUT2D eigenvalue weighted by Crippen LogP contribution is 2.17. The lowest BCUT2D eigenvalue weighted by atomic mass is 10.2. The van der Waals surface area contributed by atoms with Crippen LogP contribution in [0.2, 0.25) is 0 Å². The van der Waals surface area contributed by atoms with Crippen molar-refractivity contribution in [3.63, 3.8) is 0 Å². The van der Waals surface area contributed by atoms with E-state index in [0.29, 0.717) is 6.04 Å². The molecule has 0 amide bonds. The summed E-state index contributed by atoms with van der Waals surface area (Å²) in [5.41, 5.74) is 1.12. The second-order valence-electron chi connectivity index (χ2n) is 4.16. The van der Waals surface area contributed by atoms with Gasteiger partial charge in [0.05, 0.1) is 5.69 Å². The van der Waals surface area contributed by atoms with E-state index in [1.54, 1.807) is 11.3 Å². The maximum Gasteiger partial charge on any atom is 0.185 e. The van der Waals surface area contributed by atoms with Crippen LogP contribution in [0.15, 0.2) is 18.0 Å². The van der Waals surface area contributed by atoms with Crippen molar-refractivity contribution in [2.45, 2.75) is 32.4 Å². The molecule has 0 saturated carbocycles. The predicted molar refractivity (Wildman–Crippen MR) is 72.2 cm³/mol. The van der Waals surface area contributed by atoms with Crippen molar-refractivity contribution >= 4 is 16.5 Å². The van der Waals surface area contributed by atoms with Gasteiger partial charge in [-0.3, -0.25) is 0 Å². The average molecular weight is 239 g/mol. The highest BCUT2D eigenvalue weighted by atomic mass is 32.1. The fourth-order valence-corrected chi connectivity index (χ4v) is 2.09. The summed E-state index contributed by atoms with van der Waals surface area (Å²) in [6.45, 7) is 6.78. The molecule has 0 radical (unpaired) electrons. The standard InChI is InChI=1S/C12H21N3S/c1-5-6-7-10(2)13-8-11-9-16-12(14-11)15(3)4/h5,9-10,13H,1,6-8H2,2-4H3. The molecule has 0 fully saturated rings. The molecule has 0 aliphatic rings. The molecule has 4 heteroatoms. The van der Waals surface area contributed by atoms with Crippen LogP contribution in [0.3, 0.4) is 0 Å². The molecule has 1 aromatic heterocycles. The number of thiazole rings is 1. The van der Waals surface area contributed by atoms with Gasteiger partial charge >= 0.3 is 0 Å². The number of anilines is 1. The lowest BCUT2D eigenvalue weighted by molar-refractivity contribution is 0.514. The average Bonchev–Trinajstić information content (AvgIpc) is 2.72. The summed E-state index contributed by atoms with van der Waals surface area (Å²) >= 11 is 1.69. The summed E-state index contributed by atoms with van der Waals surface area (Å²) in [4.78, 5) is 6.56. The monoisotopic (exact) mass is 239 g/mol. The lowest BCUT2D eigenvalue weighted by Gasteiger charge is -2.11. The Balaban J connectivity index is 2.33. The molecular formula is C12H21N3S. The van der Waals surface area contributed by atoms with Crippen LogP contribution in [-0.2, 0) is 6.54 Å². The van der Waals surface area contributed by atoms with Gasteiger partial charge in [-0.05, 0) is 19.8 Å². The fourth-order valence-electron chi connectivity index (χ4n) is 1.33. The smallest absolute Gasteiger partial charge is 0.185 e. The Morgan fingerprint density at radius 3 is 2.94 bits per heavy atom. The number of hydrogen-bond acceptors (Lipinski definition) is 4. The van der Waals surface area contributed by atoms with Crippen LogP contribution in [0.4, 0.5) is 5.13 Å². The van der Waals surface area contributed by atoms with E-state index in [9.17, 15) is 0 Å². The minimum Gasteiger partial charge on any atom is -0.354 e. The topological polar surface area (TPSA) is 28.2 Å². The second kappa shape index (κ2) is 6.66. The Hall–Kier alpha value is -0.870. The molecule has 1 aromatic rings. The van der Waals surface area contributed by atoms with Crippen molar-refractivity contribution in [3.8, 4) is 0 Å². The van der Waals surface area contributed by atoms with Gasteiger partial charge < -0.3 is 10.2 Å². The fraction of sp³-hybridized carbons (Fsp3) is 0.583. The van der Waals surface area contributed by atoms with E-state index < -0.39 is 0 Å². The summed E-state index contributed by atoms with van der Waals surface area (Å²) < 4.78 is 0. The zero-order valence-electron chi connectivity index (χ0n) is 10.4. The van der Waals surface area contributed by atoms with Gasteiger partial charge in [0.2, 0.25) is 0 Å². The largest absolute Gasteiger partial charge is 0.354 e. The Labute approximate surface area is 102 Å². The Bertz CT molecular complexity index is 320. The van der Waals surface area contributed by atoms with E-state index in [1.807, 2.05) is 25.1 Å². The normalized spacial score (nSPS) is 12.4. The zero-order chi connectivity index (χ0) is 12.0. The van der Waals surface area contributed by atoms with Gasteiger partial charge in [0.15, 0.2) is 5.13 Å². The first-order valence-corrected chi connectivity index (χ1v) is 6.47. The summed E-state index contributed by atoms with van der Waals surface area (Å²) in [5, 5.41) is 6.64. The van der Waals surface area contributed by atoms with Gasteiger partial charge in [-0.15, -0.1) is 17.9 Å². The van der Waals surface area contributed by atoms with E-state index in [0.717, 1.165) is 30.2 Å². The first kappa shape index (κ1) is 13.2. The molecule has 0 aromatic carbocycles. The molecule has 0 bridgehead atoms. The molecule has 1 N–H and O–H groups in total. The van der Waals surface area contributed by atoms with Gasteiger partial charge in [0.25, 0.3) is 0 Å². The number of aromatic nitrogens is 1. The first-order valence-electron chi connectivity index (χ1n) is 5.59. The highest BCUT2D eigenvalue weighted by molar-refractivity contribution is 7.13. The summed E-state index contributed by atoms with van der Waals surface area (Å²) in [6.07, 6.45) is 4.16. The third-order valence-electron chi connectivity index (χ3n) is 2.36. The molecule has 0 saturated heterocycles. The molecule has 0 aliphatic heterocycles. The van der Waals surface area contributed by atoms with Crippen molar-refractivity contribution in [2.24, 2.45) is 0 Å². The van der Waals surface area contributed by atoms with Crippen molar-refractivity contribution in [1.82, 2.24) is 10.3 Å².